The van der Waals surface area contributed by atoms with E-state index in [9.17, 15) is 8.78 Å². The minimum Gasteiger partial charge on any atom is -0.323 e. The summed E-state index contributed by atoms with van der Waals surface area (Å²) in [5.41, 5.74) is 8.12. The Morgan fingerprint density at radius 3 is 2.00 bits per heavy atom. The van der Waals surface area contributed by atoms with E-state index in [1.54, 1.807) is 0 Å². The minimum absolute atomic E-state index is 0.0413. The van der Waals surface area contributed by atoms with Crippen molar-refractivity contribution in [1.29, 1.82) is 0 Å². The average Bonchev–Trinajstić information content (AvgIpc) is 2.39. The first-order valence-electron chi connectivity index (χ1n) is 6.77. The highest BCUT2D eigenvalue weighted by atomic mass is 19.1. The zero-order valence-corrected chi connectivity index (χ0v) is 11.7. The lowest BCUT2D eigenvalue weighted by molar-refractivity contribution is 0.524. The van der Waals surface area contributed by atoms with Gasteiger partial charge < -0.3 is 5.73 Å². The maximum Gasteiger partial charge on any atom is 0.130 e. The van der Waals surface area contributed by atoms with Crippen LogP contribution in [0.25, 0.3) is 0 Å². The van der Waals surface area contributed by atoms with E-state index in [1.165, 1.54) is 23.8 Å². The summed E-state index contributed by atoms with van der Waals surface area (Å²) in [6.07, 6.45) is 0.413. The van der Waals surface area contributed by atoms with Gasteiger partial charge in [0.2, 0.25) is 0 Å². The molecule has 0 amide bonds. The highest BCUT2D eigenvalue weighted by Gasteiger charge is 2.16. The zero-order chi connectivity index (χ0) is 14.7. The molecule has 1 unspecified atom stereocenters. The van der Waals surface area contributed by atoms with E-state index in [-0.39, 0.29) is 5.56 Å². The van der Waals surface area contributed by atoms with E-state index in [0.29, 0.717) is 12.3 Å². The molecule has 106 valence electrons. The Kier molecular flexibility index (Phi) is 4.50. The third-order valence-corrected chi connectivity index (χ3v) is 3.47. The van der Waals surface area contributed by atoms with E-state index in [1.807, 2.05) is 24.3 Å². The molecule has 0 bridgehead atoms. The van der Waals surface area contributed by atoms with Crippen LogP contribution in [0.1, 0.15) is 42.5 Å². The molecule has 0 saturated carbocycles. The highest BCUT2D eigenvalue weighted by Crippen LogP contribution is 2.23. The van der Waals surface area contributed by atoms with Crippen LogP contribution < -0.4 is 5.73 Å². The molecular formula is C17H19F2N. The van der Waals surface area contributed by atoms with Gasteiger partial charge in [0, 0.05) is 11.6 Å². The average molecular weight is 275 g/mol. The molecule has 0 spiro atoms. The van der Waals surface area contributed by atoms with Crippen LogP contribution in [-0.4, -0.2) is 0 Å². The second-order valence-electron chi connectivity index (χ2n) is 5.34. The summed E-state index contributed by atoms with van der Waals surface area (Å²) in [7, 11) is 0. The molecule has 2 rings (SSSR count). The Hall–Kier alpha value is -1.74. The molecular weight excluding hydrogens is 256 g/mol. The zero-order valence-electron chi connectivity index (χ0n) is 11.7. The molecule has 0 radical (unpaired) electrons. The van der Waals surface area contributed by atoms with Crippen molar-refractivity contribution in [3.8, 4) is 0 Å². The lowest BCUT2D eigenvalue weighted by Crippen LogP contribution is -2.16. The monoisotopic (exact) mass is 275 g/mol. The van der Waals surface area contributed by atoms with Crippen molar-refractivity contribution < 1.29 is 8.78 Å². The highest BCUT2D eigenvalue weighted by molar-refractivity contribution is 5.29. The standard InChI is InChI=1S/C17H19F2N/c1-11(2)13-8-6-12(7-9-13)10-16(20)17-14(18)4-3-5-15(17)19/h3-9,11,16H,10,20H2,1-2H3. The number of nitrogens with two attached hydrogens (primary N) is 1. The van der Waals surface area contributed by atoms with Crippen LogP contribution >= 0.6 is 0 Å². The maximum atomic E-state index is 13.7. The van der Waals surface area contributed by atoms with Crippen LogP contribution in [0.3, 0.4) is 0 Å². The normalized spacial score (nSPS) is 12.7. The van der Waals surface area contributed by atoms with E-state index in [0.717, 1.165) is 5.56 Å². The number of benzene rings is 2. The first kappa shape index (κ1) is 14.7. The van der Waals surface area contributed by atoms with Gasteiger partial charge in [-0.3, -0.25) is 0 Å². The largest absolute Gasteiger partial charge is 0.323 e. The van der Waals surface area contributed by atoms with Crippen LogP contribution in [0.5, 0.6) is 0 Å². The molecule has 2 aromatic rings. The van der Waals surface area contributed by atoms with Crippen LogP contribution in [0.4, 0.5) is 8.78 Å². The van der Waals surface area contributed by atoms with E-state index in [2.05, 4.69) is 13.8 Å². The number of halogens is 2. The van der Waals surface area contributed by atoms with Crippen molar-refractivity contribution in [2.24, 2.45) is 5.73 Å². The fraction of sp³-hybridized carbons (Fsp3) is 0.294. The second kappa shape index (κ2) is 6.14. The third kappa shape index (κ3) is 3.23. The van der Waals surface area contributed by atoms with Gasteiger partial charge in [0.1, 0.15) is 11.6 Å². The minimum atomic E-state index is -0.680. The molecule has 20 heavy (non-hydrogen) atoms. The van der Waals surface area contributed by atoms with Crippen molar-refractivity contribution in [2.75, 3.05) is 0 Å². The van der Waals surface area contributed by atoms with Crippen LogP contribution in [-0.2, 0) is 6.42 Å². The maximum absolute atomic E-state index is 13.7. The third-order valence-electron chi connectivity index (χ3n) is 3.47. The summed E-state index contributed by atoms with van der Waals surface area (Å²) in [5, 5.41) is 0. The molecule has 2 aromatic carbocycles. The molecule has 0 aliphatic heterocycles. The summed E-state index contributed by atoms with van der Waals surface area (Å²) >= 11 is 0. The summed E-state index contributed by atoms with van der Waals surface area (Å²) < 4.78 is 27.3. The van der Waals surface area contributed by atoms with Gasteiger partial charge in [-0.2, -0.15) is 0 Å². The SMILES string of the molecule is CC(C)c1ccc(CC(N)c2c(F)cccc2F)cc1. The van der Waals surface area contributed by atoms with Gasteiger partial charge in [-0.25, -0.2) is 8.78 Å². The van der Waals surface area contributed by atoms with Crippen molar-refractivity contribution >= 4 is 0 Å². The lowest BCUT2D eigenvalue weighted by atomic mass is 9.96. The molecule has 0 aliphatic rings. The quantitative estimate of drug-likeness (QED) is 0.883. The van der Waals surface area contributed by atoms with Gasteiger partial charge in [-0.1, -0.05) is 44.2 Å². The lowest BCUT2D eigenvalue weighted by Gasteiger charge is -2.14. The fourth-order valence-corrected chi connectivity index (χ4v) is 2.26. The van der Waals surface area contributed by atoms with E-state index in [4.69, 9.17) is 5.73 Å². The smallest absolute Gasteiger partial charge is 0.130 e. The summed E-state index contributed by atoms with van der Waals surface area (Å²) in [5.74, 6) is -0.714. The van der Waals surface area contributed by atoms with Crippen LogP contribution in [0.15, 0.2) is 42.5 Å². The van der Waals surface area contributed by atoms with Gasteiger partial charge in [0.25, 0.3) is 0 Å². The Morgan fingerprint density at radius 2 is 1.50 bits per heavy atom. The first-order chi connectivity index (χ1) is 9.49. The number of hydrogen-bond acceptors (Lipinski definition) is 1. The molecule has 0 saturated heterocycles. The number of hydrogen-bond donors (Lipinski definition) is 1. The van der Waals surface area contributed by atoms with Gasteiger partial charge in [0.15, 0.2) is 0 Å². The van der Waals surface area contributed by atoms with Gasteiger partial charge in [0.05, 0.1) is 0 Å². The number of rotatable bonds is 4. The topological polar surface area (TPSA) is 26.0 Å². The first-order valence-corrected chi connectivity index (χ1v) is 6.77. The van der Waals surface area contributed by atoms with Gasteiger partial charge in [-0.15, -0.1) is 0 Å². The summed E-state index contributed by atoms with van der Waals surface area (Å²) in [4.78, 5) is 0. The predicted molar refractivity (Wildman–Crippen MR) is 77.5 cm³/mol. The summed E-state index contributed by atoms with van der Waals surface area (Å²) in [6, 6.07) is 11.1. The predicted octanol–water partition coefficient (Wildman–Crippen LogP) is 4.33. The molecule has 0 heterocycles. The Morgan fingerprint density at radius 1 is 0.950 bits per heavy atom. The molecule has 1 atom stereocenters. The Labute approximate surface area is 118 Å². The Balaban J connectivity index is 2.17. The molecule has 1 nitrogen and oxygen atoms in total. The Bertz CT molecular complexity index is 556. The van der Waals surface area contributed by atoms with Crippen molar-refractivity contribution in [1.82, 2.24) is 0 Å². The van der Waals surface area contributed by atoms with E-state index < -0.39 is 17.7 Å². The molecule has 0 aliphatic carbocycles. The second-order valence-corrected chi connectivity index (χ2v) is 5.34. The molecule has 3 heteroatoms. The summed E-state index contributed by atoms with van der Waals surface area (Å²) in [6.45, 7) is 4.24. The molecule has 0 aromatic heterocycles. The van der Waals surface area contributed by atoms with Crippen LogP contribution in [0.2, 0.25) is 0 Å². The van der Waals surface area contributed by atoms with Gasteiger partial charge in [-0.05, 0) is 35.6 Å². The van der Waals surface area contributed by atoms with Crippen molar-refractivity contribution in [3.63, 3.8) is 0 Å². The van der Waals surface area contributed by atoms with Crippen molar-refractivity contribution in [2.45, 2.75) is 32.2 Å². The molecule has 2 N–H and O–H groups in total. The van der Waals surface area contributed by atoms with Crippen molar-refractivity contribution in [3.05, 3.63) is 70.8 Å². The van der Waals surface area contributed by atoms with Crippen LogP contribution in [0, 0.1) is 11.6 Å². The molecule has 0 fully saturated rings. The van der Waals surface area contributed by atoms with E-state index >= 15 is 0 Å². The fourth-order valence-electron chi connectivity index (χ4n) is 2.26. The van der Waals surface area contributed by atoms with Gasteiger partial charge >= 0.3 is 0 Å².